The fraction of sp³-hybridized carbons (Fsp3) is 0.550. The quantitative estimate of drug-likeness (QED) is 0.645. The molecule has 2 aliphatic heterocycles. The summed E-state index contributed by atoms with van der Waals surface area (Å²) < 4.78 is 23.5. The normalized spacial score (nSPS) is 28.4. The van der Waals surface area contributed by atoms with Gasteiger partial charge in [0, 0.05) is 0 Å². The number of rotatable bonds is 7. The van der Waals surface area contributed by atoms with E-state index >= 15 is 0 Å². The molecule has 2 saturated heterocycles. The molecule has 0 saturated carbocycles. The summed E-state index contributed by atoms with van der Waals surface area (Å²) in [5, 5.41) is 5.50. The third-order valence-corrected chi connectivity index (χ3v) is 7.50. The standard InChI is InChI=1S/C20H27N3O5S/c1-3-4-10-20(15-8-6-5-7-9-15)17(25)23(18(26)22-20)13-16(24)21-19(2)11-12-29(27,28)14-19/h5-9H,3-4,10-14H2,1-2H3,(H,21,24)(H,22,26)/t19-,20+/m1/s1. The van der Waals surface area contributed by atoms with Crippen LogP contribution in [0.25, 0.3) is 0 Å². The van der Waals surface area contributed by atoms with Crippen LogP contribution in [0.5, 0.6) is 0 Å². The summed E-state index contributed by atoms with van der Waals surface area (Å²) in [6, 6.07) is 8.41. The van der Waals surface area contributed by atoms with Gasteiger partial charge >= 0.3 is 6.03 Å². The lowest BCUT2D eigenvalue weighted by molar-refractivity contribution is -0.136. The number of unbranched alkanes of at least 4 members (excludes halogenated alkanes) is 1. The van der Waals surface area contributed by atoms with Crippen molar-refractivity contribution in [2.45, 2.75) is 50.6 Å². The van der Waals surface area contributed by atoms with Crippen molar-refractivity contribution in [3.05, 3.63) is 35.9 Å². The zero-order chi connectivity index (χ0) is 21.3. The number of amides is 4. The average molecular weight is 422 g/mol. The SMILES string of the molecule is CCCC[C@@]1(c2ccccc2)NC(=O)N(CC(=O)N[C@]2(C)CCS(=O)(=O)C2)C1=O. The van der Waals surface area contributed by atoms with Crippen molar-refractivity contribution in [1.29, 1.82) is 0 Å². The monoisotopic (exact) mass is 421 g/mol. The van der Waals surface area contributed by atoms with Gasteiger partial charge in [-0.2, -0.15) is 0 Å². The van der Waals surface area contributed by atoms with E-state index < -0.39 is 45.3 Å². The number of sulfone groups is 1. The molecule has 29 heavy (non-hydrogen) atoms. The number of urea groups is 1. The van der Waals surface area contributed by atoms with Crippen LogP contribution in [0.15, 0.2) is 30.3 Å². The predicted molar refractivity (Wildman–Crippen MR) is 108 cm³/mol. The number of nitrogens with zero attached hydrogens (tertiary/aromatic N) is 1. The Hall–Kier alpha value is -2.42. The molecule has 2 atom stereocenters. The second-order valence-corrected chi connectivity index (χ2v) is 10.3. The van der Waals surface area contributed by atoms with Crippen molar-refractivity contribution < 1.29 is 22.8 Å². The summed E-state index contributed by atoms with van der Waals surface area (Å²) in [5.41, 5.74) is -1.38. The highest BCUT2D eigenvalue weighted by Crippen LogP contribution is 2.34. The number of carbonyl (C=O) groups excluding carboxylic acids is 3. The van der Waals surface area contributed by atoms with E-state index in [1.165, 1.54) is 0 Å². The fourth-order valence-electron chi connectivity index (χ4n) is 4.07. The van der Waals surface area contributed by atoms with Crippen LogP contribution in [0, 0.1) is 0 Å². The fourth-order valence-corrected chi connectivity index (χ4v) is 6.17. The van der Waals surface area contributed by atoms with Crippen LogP contribution < -0.4 is 10.6 Å². The summed E-state index contributed by atoms with van der Waals surface area (Å²) in [6.07, 6.45) is 2.33. The van der Waals surface area contributed by atoms with Crippen molar-refractivity contribution in [3.8, 4) is 0 Å². The molecule has 158 valence electrons. The van der Waals surface area contributed by atoms with Crippen LogP contribution >= 0.6 is 0 Å². The van der Waals surface area contributed by atoms with Gasteiger partial charge in [-0.3, -0.25) is 14.5 Å². The maximum Gasteiger partial charge on any atom is 0.325 e. The topological polar surface area (TPSA) is 113 Å². The van der Waals surface area contributed by atoms with E-state index in [1.807, 2.05) is 13.0 Å². The Kier molecular flexibility index (Phi) is 5.71. The Morgan fingerprint density at radius 1 is 1.24 bits per heavy atom. The molecular formula is C20H27N3O5S. The van der Waals surface area contributed by atoms with Gasteiger partial charge in [0.15, 0.2) is 9.84 Å². The third-order valence-electron chi connectivity index (χ3n) is 5.59. The number of hydrogen-bond donors (Lipinski definition) is 2. The predicted octanol–water partition coefficient (Wildman–Crippen LogP) is 1.32. The average Bonchev–Trinajstić information content (AvgIpc) is 3.07. The highest BCUT2D eigenvalue weighted by atomic mass is 32.2. The molecular weight excluding hydrogens is 394 g/mol. The summed E-state index contributed by atoms with van der Waals surface area (Å²) >= 11 is 0. The van der Waals surface area contributed by atoms with E-state index in [9.17, 15) is 22.8 Å². The van der Waals surface area contributed by atoms with Crippen molar-refractivity contribution in [3.63, 3.8) is 0 Å². The first-order valence-corrected chi connectivity index (χ1v) is 11.6. The molecule has 2 fully saturated rings. The molecule has 2 aliphatic rings. The van der Waals surface area contributed by atoms with E-state index in [-0.39, 0.29) is 11.5 Å². The molecule has 0 spiro atoms. The molecule has 0 aliphatic carbocycles. The zero-order valence-corrected chi connectivity index (χ0v) is 17.5. The third kappa shape index (κ3) is 4.29. The van der Waals surface area contributed by atoms with E-state index in [0.717, 1.165) is 17.7 Å². The molecule has 8 nitrogen and oxygen atoms in total. The van der Waals surface area contributed by atoms with Gasteiger partial charge in [0.25, 0.3) is 5.91 Å². The molecule has 1 aromatic carbocycles. The maximum absolute atomic E-state index is 13.3. The molecule has 0 radical (unpaired) electrons. The first kappa shape index (κ1) is 21.3. The van der Waals surface area contributed by atoms with E-state index in [4.69, 9.17) is 0 Å². The summed E-state index contributed by atoms with van der Waals surface area (Å²) in [4.78, 5) is 39.3. The van der Waals surface area contributed by atoms with Crippen molar-refractivity contribution in [2.75, 3.05) is 18.1 Å². The largest absolute Gasteiger partial charge is 0.348 e. The van der Waals surface area contributed by atoms with Gasteiger partial charge in [-0.05, 0) is 25.3 Å². The smallest absolute Gasteiger partial charge is 0.325 e. The minimum Gasteiger partial charge on any atom is -0.348 e. The second-order valence-electron chi connectivity index (χ2n) is 8.15. The first-order valence-electron chi connectivity index (χ1n) is 9.82. The Balaban J connectivity index is 1.78. The van der Waals surface area contributed by atoms with E-state index in [0.29, 0.717) is 18.4 Å². The van der Waals surface area contributed by atoms with Crippen molar-refractivity contribution in [2.24, 2.45) is 0 Å². The van der Waals surface area contributed by atoms with E-state index in [2.05, 4.69) is 10.6 Å². The van der Waals surface area contributed by atoms with Crippen LogP contribution in [0.4, 0.5) is 4.79 Å². The summed E-state index contributed by atoms with van der Waals surface area (Å²) in [5.74, 6) is -1.13. The molecule has 0 bridgehead atoms. The van der Waals surface area contributed by atoms with Crippen LogP contribution in [0.2, 0.25) is 0 Å². The summed E-state index contributed by atoms with van der Waals surface area (Å²) in [6.45, 7) is 3.22. The Morgan fingerprint density at radius 3 is 2.52 bits per heavy atom. The molecule has 0 aromatic heterocycles. The molecule has 3 rings (SSSR count). The van der Waals surface area contributed by atoms with Gasteiger partial charge in [0.1, 0.15) is 12.1 Å². The number of benzene rings is 1. The van der Waals surface area contributed by atoms with Gasteiger partial charge in [0.2, 0.25) is 5.91 Å². The van der Waals surface area contributed by atoms with Gasteiger partial charge in [-0.25, -0.2) is 13.2 Å². The van der Waals surface area contributed by atoms with Crippen molar-refractivity contribution in [1.82, 2.24) is 15.5 Å². The maximum atomic E-state index is 13.3. The first-order chi connectivity index (χ1) is 13.6. The van der Waals surface area contributed by atoms with Crippen molar-refractivity contribution >= 4 is 27.7 Å². The Morgan fingerprint density at radius 2 is 1.93 bits per heavy atom. The minimum atomic E-state index is -3.19. The number of carbonyl (C=O) groups is 3. The molecule has 1 aromatic rings. The minimum absolute atomic E-state index is 0.0149. The molecule has 0 unspecified atom stereocenters. The Labute approximate surface area is 170 Å². The lowest BCUT2D eigenvalue weighted by Crippen LogP contribution is -2.51. The van der Waals surface area contributed by atoms with Crippen LogP contribution in [-0.2, 0) is 25.0 Å². The Bertz CT molecular complexity index is 917. The molecule has 4 amide bonds. The number of hydrogen-bond acceptors (Lipinski definition) is 5. The highest BCUT2D eigenvalue weighted by Gasteiger charge is 2.52. The van der Waals surface area contributed by atoms with Crippen LogP contribution in [-0.4, -0.2) is 54.8 Å². The summed E-state index contributed by atoms with van der Waals surface area (Å²) in [7, 11) is -3.19. The second kappa shape index (κ2) is 7.78. The number of nitrogens with one attached hydrogen (secondary N) is 2. The zero-order valence-electron chi connectivity index (χ0n) is 16.7. The number of imide groups is 1. The molecule has 9 heteroatoms. The van der Waals surface area contributed by atoms with Crippen LogP contribution in [0.1, 0.15) is 45.1 Å². The lowest BCUT2D eigenvalue weighted by Gasteiger charge is -2.28. The molecule has 2 N–H and O–H groups in total. The van der Waals surface area contributed by atoms with Gasteiger partial charge in [0.05, 0.1) is 17.0 Å². The van der Waals surface area contributed by atoms with Crippen LogP contribution in [0.3, 0.4) is 0 Å². The molecule has 2 heterocycles. The van der Waals surface area contributed by atoms with E-state index in [1.54, 1.807) is 31.2 Å². The van der Waals surface area contributed by atoms with Gasteiger partial charge in [-0.15, -0.1) is 0 Å². The van der Waals surface area contributed by atoms with Gasteiger partial charge < -0.3 is 10.6 Å². The van der Waals surface area contributed by atoms with Gasteiger partial charge in [-0.1, -0.05) is 50.1 Å². The lowest BCUT2D eigenvalue weighted by atomic mass is 9.85. The highest BCUT2D eigenvalue weighted by molar-refractivity contribution is 7.91.